The molecule has 0 aliphatic carbocycles. The molecule has 0 saturated heterocycles. The van der Waals surface area contributed by atoms with Gasteiger partial charge in [-0.2, -0.15) is 5.06 Å². The quantitative estimate of drug-likeness (QED) is 0.459. The van der Waals surface area contributed by atoms with Gasteiger partial charge in [-0.15, -0.1) is 11.6 Å². The molecule has 0 aliphatic heterocycles. The lowest BCUT2D eigenvalue weighted by Crippen LogP contribution is -2.23. The molecule has 3 nitrogen and oxygen atoms in total. The summed E-state index contributed by atoms with van der Waals surface area (Å²) < 4.78 is 0. The first-order valence-corrected chi connectivity index (χ1v) is 3.24. The Hall–Kier alpha value is 0.170. The van der Waals surface area contributed by atoms with Crippen LogP contribution >= 0.6 is 11.6 Å². The molecule has 0 rings (SSSR count). The average molecular weight is 154 g/mol. The second kappa shape index (κ2) is 4.99. The van der Waals surface area contributed by atoms with Gasteiger partial charge < -0.3 is 5.11 Å². The Kier molecular flexibility index (Phi) is 5.09. The predicted molar refractivity (Wildman–Crippen MR) is 36.4 cm³/mol. The van der Waals surface area contributed by atoms with Gasteiger partial charge in [0.2, 0.25) is 0 Å². The zero-order valence-electron chi connectivity index (χ0n) is 5.67. The lowest BCUT2D eigenvalue weighted by Gasteiger charge is -2.12. The zero-order valence-corrected chi connectivity index (χ0v) is 6.43. The summed E-state index contributed by atoms with van der Waals surface area (Å²) in [6, 6.07) is 0. The highest BCUT2D eigenvalue weighted by atomic mass is 35.5. The zero-order chi connectivity index (χ0) is 7.28. The highest BCUT2D eigenvalue weighted by Gasteiger charge is 2.01. The van der Waals surface area contributed by atoms with Gasteiger partial charge in [0.15, 0.2) is 0 Å². The molecule has 9 heavy (non-hydrogen) atoms. The summed E-state index contributed by atoms with van der Waals surface area (Å²) in [7, 11) is 3.50. The van der Waals surface area contributed by atoms with Gasteiger partial charge in [0.05, 0.1) is 18.6 Å². The number of aliphatic hydroxyl groups is 1. The van der Waals surface area contributed by atoms with Crippen LogP contribution < -0.4 is 0 Å². The summed E-state index contributed by atoms with van der Waals surface area (Å²) in [5, 5.41) is 10.3. The van der Waals surface area contributed by atoms with E-state index < -0.39 is 6.10 Å². The summed E-state index contributed by atoms with van der Waals surface area (Å²) in [6.07, 6.45) is -0.561. The van der Waals surface area contributed by atoms with Crippen LogP contribution in [-0.2, 0) is 4.84 Å². The number of nitrogens with zero attached hydrogens (tertiary/aromatic N) is 1. The first-order chi connectivity index (χ1) is 4.16. The van der Waals surface area contributed by atoms with Crippen LogP contribution in [0.25, 0.3) is 0 Å². The fraction of sp³-hybridized carbons (Fsp3) is 1.00. The number of aliphatic hydroxyl groups excluding tert-OH is 1. The highest BCUT2D eigenvalue weighted by molar-refractivity contribution is 6.18. The van der Waals surface area contributed by atoms with Crippen molar-refractivity contribution in [2.24, 2.45) is 0 Å². The van der Waals surface area contributed by atoms with Crippen molar-refractivity contribution in [1.29, 1.82) is 0 Å². The molecule has 1 unspecified atom stereocenters. The molecular formula is C5H12ClNO2. The Morgan fingerprint density at radius 2 is 2.22 bits per heavy atom. The minimum atomic E-state index is -0.561. The van der Waals surface area contributed by atoms with Crippen molar-refractivity contribution in [3.63, 3.8) is 0 Å². The third-order valence-electron chi connectivity index (χ3n) is 0.703. The van der Waals surface area contributed by atoms with E-state index in [4.69, 9.17) is 21.5 Å². The van der Waals surface area contributed by atoms with Gasteiger partial charge in [0.25, 0.3) is 0 Å². The van der Waals surface area contributed by atoms with Gasteiger partial charge in [0.1, 0.15) is 0 Å². The van der Waals surface area contributed by atoms with E-state index in [9.17, 15) is 0 Å². The molecule has 0 aromatic rings. The first-order valence-electron chi connectivity index (χ1n) is 2.71. The number of hydrogen-bond donors (Lipinski definition) is 1. The van der Waals surface area contributed by atoms with Crippen molar-refractivity contribution >= 4 is 11.6 Å². The molecule has 0 heterocycles. The third-order valence-corrected chi connectivity index (χ3v) is 1.06. The van der Waals surface area contributed by atoms with Crippen LogP contribution in [0.2, 0.25) is 0 Å². The van der Waals surface area contributed by atoms with Crippen LogP contribution in [0.15, 0.2) is 0 Å². The molecule has 0 aliphatic rings. The molecule has 0 aromatic heterocycles. The molecule has 0 radical (unpaired) electrons. The van der Waals surface area contributed by atoms with Crippen LogP contribution in [0, 0.1) is 0 Å². The summed E-state index contributed by atoms with van der Waals surface area (Å²) in [4.78, 5) is 4.89. The molecule has 0 fully saturated rings. The number of hydroxylamine groups is 2. The van der Waals surface area contributed by atoms with E-state index in [2.05, 4.69) is 0 Å². The summed E-state index contributed by atoms with van der Waals surface area (Å²) in [5.41, 5.74) is 0. The molecule has 0 amide bonds. The molecule has 56 valence electrons. The summed E-state index contributed by atoms with van der Waals surface area (Å²) >= 11 is 5.29. The SMILES string of the molecule is CN(C)OCC(O)CCl. The van der Waals surface area contributed by atoms with Gasteiger partial charge in [-0.1, -0.05) is 0 Å². The molecule has 0 aromatic carbocycles. The second-order valence-corrected chi connectivity index (χ2v) is 2.22. The Labute approximate surface area is 60.1 Å². The van der Waals surface area contributed by atoms with Gasteiger partial charge in [0, 0.05) is 14.1 Å². The van der Waals surface area contributed by atoms with Crippen LogP contribution in [0.4, 0.5) is 0 Å². The first kappa shape index (κ1) is 9.17. The Morgan fingerprint density at radius 1 is 1.67 bits per heavy atom. The molecule has 1 N–H and O–H groups in total. The van der Waals surface area contributed by atoms with E-state index in [1.165, 1.54) is 5.06 Å². The van der Waals surface area contributed by atoms with Crippen molar-refractivity contribution in [2.45, 2.75) is 6.10 Å². The van der Waals surface area contributed by atoms with Gasteiger partial charge in [-0.05, 0) is 0 Å². The standard InChI is InChI=1S/C5H12ClNO2/c1-7(2)9-4-5(8)3-6/h5,8H,3-4H2,1-2H3. The van der Waals surface area contributed by atoms with Crippen LogP contribution in [0.3, 0.4) is 0 Å². The van der Waals surface area contributed by atoms with Gasteiger partial charge in [-0.3, -0.25) is 4.84 Å². The van der Waals surface area contributed by atoms with E-state index in [1.54, 1.807) is 14.1 Å². The average Bonchev–Trinajstić information content (AvgIpc) is 1.83. The van der Waals surface area contributed by atoms with Gasteiger partial charge in [-0.25, -0.2) is 0 Å². The van der Waals surface area contributed by atoms with Crippen molar-refractivity contribution < 1.29 is 9.94 Å². The lowest BCUT2D eigenvalue weighted by atomic mass is 10.4. The van der Waals surface area contributed by atoms with Crippen LogP contribution in [0.5, 0.6) is 0 Å². The molecule has 0 spiro atoms. The minimum Gasteiger partial charge on any atom is -0.389 e. The Bertz CT molecular complexity index is 70.0. The lowest BCUT2D eigenvalue weighted by molar-refractivity contribution is -0.141. The van der Waals surface area contributed by atoms with E-state index in [1.807, 2.05) is 0 Å². The van der Waals surface area contributed by atoms with E-state index >= 15 is 0 Å². The fourth-order valence-electron chi connectivity index (χ4n) is 0.280. The largest absolute Gasteiger partial charge is 0.389 e. The number of alkyl halides is 1. The summed E-state index contributed by atoms with van der Waals surface area (Å²) in [6.45, 7) is 0.260. The number of halogens is 1. The fourth-order valence-corrected chi connectivity index (χ4v) is 0.369. The molecule has 1 atom stereocenters. The second-order valence-electron chi connectivity index (χ2n) is 1.92. The monoisotopic (exact) mass is 153 g/mol. The molecule has 4 heteroatoms. The predicted octanol–water partition coefficient (Wildman–Crippen LogP) is 0.0793. The maximum atomic E-state index is 8.82. The van der Waals surface area contributed by atoms with Crippen LogP contribution in [-0.4, -0.2) is 42.9 Å². The molecule has 0 bridgehead atoms. The van der Waals surface area contributed by atoms with E-state index in [0.29, 0.717) is 0 Å². The normalized spacial score (nSPS) is 14.3. The number of hydrogen-bond acceptors (Lipinski definition) is 3. The smallest absolute Gasteiger partial charge is 0.0955 e. The van der Waals surface area contributed by atoms with E-state index in [-0.39, 0.29) is 12.5 Å². The van der Waals surface area contributed by atoms with Crippen LogP contribution in [0.1, 0.15) is 0 Å². The molecular weight excluding hydrogens is 142 g/mol. The topological polar surface area (TPSA) is 32.7 Å². The molecule has 0 saturated carbocycles. The summed E-state index contributed by atoms with van der Waals surface area (Å²) in [5.74, 6) is 0.216. The van der Waals surface area contributed by atoms with Crippen molar-refractivity contribution in [3.05, 3.63) is 0 Å². The van der Waals surface area contributed by atoms with E-state index in [0.717, 1.165) is 0 Å². The maximum absolute atomic E-state index is 8.82. The third kappa shape index (κ3) is 6.05. The van der Waals surface area contributed by atoms with Crippen molar-refractivity contribution in [2.75, 3.05) is 26.6 Å². The minimum absolute atomic E-state index is 0.216. The maximum Gasteiger partial charge on any atom is 0.0955 e. The Balaban J connectivity index is 3.06. The number of rotatable bonds is 4. The van der Waals surface area contributed by atoms with Crippen molar-refractivity contribution in [1.82, 2.24) is 5.06 Å². The highest BCUT2D eigenvalue weighted by Crippen LogP contribution is 1.89. The van der Waals surface area contributed by atoms with Crippen molar-refractivity contribution in [3.8, 4) is 0 Å². The Morgan fingerprint density at radius 3 is 2.56 bits per heavy atom. The van der Waals surface area contributed by atoms with Gasteiger partial charge >= 0.3 is 0 Å².